The van der Waals surface area contributed by atoms with E-state index in [2.05, 4.69) is 0 Å². The van der Waals surface area contributed by atoms with E-state index < -0.39 is 10.0 Å². The van der Waals surface area contributed by atoms with Crippen molar-refractivity contribution in [3.63, 3.8) is 0 Å². The Labute approximate surface area is 159 Å². The van der Waals surface area contributed by atoms with Crippen molar-refractivity contribution in [3.8, 4) is 5.75 Å². The number of benzene rings is 2. The second-order valence-corrected chi connectivity index (χ2v) is 8.79. The lowest BCUT2D eigenvalue weighted by Gasteiger charge is -2.32. The number of rotatable bonds is 5. The Morgan fingerprint density at radius 2 is 1.92 bits per heavy atom. The first-order chi connectivity index (χ1) is 12.4. The van der Waals surface area contributed by atoms with Crippen molar-refractivity contribution in [2.45, 2.75) is 31.0 Å². The van der Waals surface area contributed by atoms with E-state index in [0.29, 0.717) is 23.9 Å². The molecule has 0 radical (unpaired) electrons. The summed E-state index contributed by atoms with van der Waals surface area (Å²) < 4.78 is 38.7. The molecule has 1 aliphatic heterocycles. The fraction of sp³-hybridized carbons (Fsp3) is 0.368. The topological polar surface area (TPSA) is 55.8 Å². The fourth-order valence-electron chi connectivity index (χ4n) is 2.86. The maximum Gasteiger partial charge on any atom is 0.243 e. The SMILES string of the molecule is CC(C)Oc1ccc(S(=O)(=O)N2CCOC(c3cccc(Cl)c3)C2)cc1. The molecule has 5 nitrogen and oxygen atoms in total. The summed E-state index contributed by atoms with van der Waals surface area (Å²) in [4.78, 5) is 0.250. The minimum absolute atomic E-state index is 0.0372. The number of nitrogens with zero attached hydrogens (tertiary/aromatic N) is 1. The average molecular weight is 396 g/mol. The van der Waals surface area contributed by atoms with E-state index in [1.54, 1.807) is 36.4 Å². The third-order valence-electron chi connectivity index (χ3n) is 4.08. The third-order valence-corrected chi connectivity index (χ3v) is 6.20. The maximum atomic E-state index is 13.0. The van der Waals surface area contributed by atoms with Crippen LogP contribution in [0.3, 0.4) is 0 Å². The molecular weight excluding hydrogens is 374 g/mol. The largest absolute Gasteiger partial charge is 0.491 e. The summed E-state index contributed by atoms with van der Waals surface area (Å²) in [6, 6.07) is 13.8. The van der Waals surface area contributed by atoms with E-state index in [0.717, 1.165) is 5.56 Å². The Kier molecular flexibility index (Phi) is 5.87. The van der Waals surface area contributed by atoms with Crippen LogP contribution in [-0.4, -0.2) is 38.5 Å². The third kappa shape index (κ3) is 4.38. The van der Waals surface area contributed by atoms with E-state index in [-0.39, 0.29) is 23.6 Å². The van der Waals surface area contributed by atoms with Crippen LogP contribution in [0, 0.1) is 0 Å². The van der Waals surface area contributed by atoms with Gasteiger partial charge in [0.1, 0.15) is 5.75 Å². The standard InChI is InChI=1S/C19H22ClNO4S/c1-14(2)25-17-6-8-18(9-7-17)26(22,23)21-10-11-24-19(13-21)15-4-3-5-16(20)12-15/h3-9,12,14,19H,10-11,13H2,1-2H3. The molecule has 1 atom stereocenters. The van der Waals surface area contributed by atoms with Crippen molar-refractivity contribution >= 4 is 21.6 Å². The first-order valence-electron chi connectivity index (χ1n) is 8.50. The van der Waals surface area contributed by atoms with Gasteiger partial charge in [0.25, 0.3) is 0 Å². The van der Waals surface area contributed by atoms with Gasteiger partial charge in [-0.1, -0.05) is 23.7 Å². The number of sulfonamides is 1. The minimum Gasteiger partial charge on any atom is -0.491 e. The molecule has 2 aromatic rings. The van der Waals surface area contributed by atoms with Crippen molar-refractivity contribution in [1.29, 1.82) is 0 Å². The zero-order chi connectivity index (χ0) is 18.7. The van der Waals surface area contributed by atoms with Gasteiger partial charge in [0.2, 0.25) is 10.0 Å². The highest BCUT2D eigenvalue weighted by atomic mass is 35.5. The van der Waals surface area contributed by atoms with Crippen LogP contribution in [0.5, 0.6) is 5.75 Å². The van der Waals surface area contributed by atoms with E-state index >= 15 is 0 Å². The molecule has 0 bridgehead atoms. The predicted molar refractivity (Wildman–Crippen MR) is 101 cm³/mol. The van der Waals surface area contributed by atoms with Crippen LogP contribution in [0.15, 0.2) is 53.4 Å². The second kappa shape index (κ2) is 7.96. The van der Waals surface area contributed by atoms with E-state index in [1.807, 2.05) is 26.0 Å². The molecular formula is C19H22ClNO4S. The number of morpholine rings is 1. The molecule has 0 aliphatic carbocycles. The second-order valence-electron chi connectivity index (χ2n) is 6.42. The van der Waals surface area contributed by atoms with Crippen molar-refractivity contribution in [3.05, 3.63) is 59.1 Å². The highest BCUT2D eigenvalue weighted by molar-refractivity contribution is 7.89. The summed E-state index contributed by atoms with van der Waals surface area (Å²) >= 11 is 6.04. The Balaban J connectivity index is 1.78. The van der Waals surface area contributed by atoms with Crippen LogP contribution in [0.25, 0.3) is 0 Å². The zero-order valence-electron chi connectivity index (χ0n) is 14.8. The number of hydrogen-bond donors (Lipinski definition) is 0. The molecule has 1 saturated heterocycles. The average Bonchev–Trinajstić information content (AvgIpc) is 2.62. The zero-order valence-corrected chi connectivity index (χ0v) is 16.3. The van der Waals surface area contributed by atoms with Gasteiger partial charge < -0.3 is 9.47 Å². The summed E-state index contributed by atoms with van der Waals surface area (Å²) in [6.45, 7) is 4.77. The lowest BCUT2D eigenvalue weighted by molar-refractivity contribution is -0.00255. The van der Waals surface area contributed by atoms with Crippen molar-refractivity contribution in [2.24, 2.45) is 0 Å². The first-order valence-corrected chi connectivity index (χ1v) is 10.3. The van der Waals surface area contributed by atoms with Crippen LogP contribution in [0.2, 0.25) is 5.02 Å². The molecule has 1 unspecified atom stereocenters. The smallest absolute Gasteiger partial charge is 0.243 e. The van der Waals surface area contributed by atoms with Crippen LogP contribution < -0.4 is 4.74 Å². The molecule has 0 N–H and O–H groups in total. The molecule has 2 aromatic carbocycles. The molecule has 7 heteroatoms. The summed E-state index contributed by atoms with van der Waals surface area (Å²) in [6.07, 6.45) is -0.295. The lowest BCUT2D eigenvalue weighted by atomic mass is 10.1. The van der Waals surface area contributed by atoms with Crippen molar-refractivity contribution < 1.29 is 17.9 Å². The van der Waals surface area contributed by atoms with Gasteiger partial charge in [-0.3, -0.25) is 0 Å². The maximum absolute atomic E-state index is 13.0. The predicted octanol–water partition coefficient (Wildman–Crippen LogP) is 3.89. The Hall–Kier alpha value is -1.60. The van der Waals surface area contributed by atoms with Crippen LogP contribution >= 0.6 is 11.6 Å². The minimum atomic E-state index is -3.59. The molecule has 140 valence electrons. The van der Waals surface area contributed by atoms with Gasteiger partial charge >= 0.3 is 0 Å². The fourth-order valence-corrected chi connectivity index (χ4v) is 4.49. The van der Waals surface area contributed by atoms with Gasteiger partial charge in [-0.2, -0.15) is 4.31 Å². The molecule has 1 aliphatic rings. The molecule has 0 spiro atoms. The van der Waals surface area contributed by atoms with Crippen molar-refractivity contribution in [2.75, 3.05) is 19.7 Å². The molecule has 1 heterocycles. The number of halogens is 1. The van der Waals surface area contributed by atoms with E-state index in [1.165, 1.54) is 4.31 Å². The summed E-state index contributed by atoms with van der Waals surface area (Å²) in [5, 5.41) is 0.604. The van der Waals surface area contributed by atoms with E-state index in [9.17, 15) is 8.42 Å². The molecule has 0 saturated carbocycles. The first kappa shape index (κ1) is 19.2. The van der Waals surface area contributed by atoms with Crippen LogP contribution in [0.1, 0.15) is 25.5 Å². The summed E-state index contributed by atoms with van der Waals surface area (Å²) in [5.74, 6) is 0.651. The highest BCUT2D eigenvalue weighted by Gasteiger charge is 2.31. The quantitative estimate of drug-likeness (QED) is 0.770. The molecule has 26 heavy (non-hydrogen) atoms. The van der Waals surface area contributed by atoms with Crippen LogP contribution in [0.4, 0.5) is 0 Å². The molecule has 3 rings (SSSR count). The molecule has 1 fully saturated rings. The van der Waals surface area contributed by atoms with Gasteiger partial charge in [0.15, 0.2) is 0 Å². The molecule has 0 aromatic heterocycles. The van der Waals surface area contributed by atoms with Gasteiger partial charge in [-0.25, -0.2) is 8.42 Å². The number of hydrogen-bond acceptors (Lipinski definition) is 4. The van der Waals surface area contributed by atoms with Crippen LogP contribution in [-0.2, 0) is 14.8 Å². The highest BCUT2D eigenvalue weighted by Crippen LogP contribution is 2.28. The lowest BCUT2D eigenvalue weighted by Crippen LogP contribution is -2.42. The van der Waals surface area contributed by atoms with Crippen molar-refractivity contribution in [1.82, 2.24) is 4.31 Å². The molecule has 0 amide bonds. The summed E-state index contributed by atoms with van der Waals surface area (Å²) in [5.41, 5.74) is 0.873. The van der Waals surface area contributed by atoms with Gasteiger partial charge in [-0.05, 0) is 55.8 Å². The monoisotopic (exact) mass is 395 g/mol. The normalized spacial score (nSPS) is 18.8. The van der Waals surface area contributed by atoms with Gasteiger partial charge in [0, 0.05) is 18.1 Å². The number of ether oxygens (including phenoxy) is 2. The van der Waals surface area contributed by atoms with Gasteiger partial charge in [0.05, 0.1) is 23.7 Å². The van der Waals surface area contributed by atoms with E-state index in [4.69, 9.17) is 21.1 Å². The Morgan fingerprint density at radius 1 is 1.19 bits per heavy atom. The van der Waals surface area contributed by atoms with Gasteiger partial charge in [-0.15, -0.1) is 0 Å². The Morgan fingerprint density at radius 3 is 2.58 bits per heavy atom. The summed E-state index contributed by atoms with van der Waals surface area (Å²) in [7, 11) is -3.59. The Bertz CT molecular complexity index is 852.